The Labute approximate surface area is 147 Å². The van der Waals surface area contributed by atoms with Crippen molar-refractivity contribution in [3.05, 3.63) is 71.3 Å². The van der Waals surface area contributed by atoms with Crippen molar-refractivity contribution in [1.29, 1.82) is 0 Å². The van der Waals surface area contributed by atoms with Crippen molar-refractivity contribution in [3.63, 3.8) is 0 Å². The van der Waals surface area contributed by atoms with Crippen LogP contribution in [0.2, 0.25) is 0 Å². The molecule has 0 amide bonds. The molecule has 0 fully saturated rings. The monoisotopic (exact) mass is 336 g/mol. The molecule has 0 spiro atoms. The molecule has 2 aromatic rings. The minimum Gasteiger partial charge on any atom is -0.493 e. The van der Waals surface area contributed by atoms with Crippen LogP contribution in [0.25, 0.3) is 5.76 Å². The van der Waals surface area contributed by atoms with Crippen LogP contribution in [0.5, 0.6) is 5.75 Å². The largest absolute Gasteiger partial charge is 0.493 e. The third kappa shape index (κ3) is 2.78. The zero-order valence-electron chi connectivity index (χ0n) is 14.1. The summed E-state index contributed by atoms with van der Waals surface area (Å²) in [6, 6.07) is 17.7. The Kier molecular flexibility index (Phi) is 4.18. The van der Waals surface area contributed by atoms with Crippen LogP contribution >= 0.6 is 0 Å². The number of benzene rings is 2. The Bertz CT molecular complexity index is 810. The fourth-order valence-electron chi connectivity index (χ4n) is 3.62. The Balaban J connectivity index is 1.90. The van der Waals surface area contributed by atoms with Crippen LogP contribution < -0.4 is 4.74 Å². The maximum Gasteiger partial charge on any atom is 0.338 e. The van der Waals surface area contributed by atoms with Gasteiger partial charge in [0.1, 0.15) is 11.5 Å². The highest BCUT2D eigenvalue weighted by Gasteiger charge is 2.42. The van der Waals surface area contributed by atoms with E-state index in [4.69, 9.17) is 14.2 Å². The number of carbonyl (C=O) groups excluding carboxylic acids is 1. The minimum atomic E-state index is -0.312. The minimum absolute atomic E-state index is 0.0760. The van der Waals surface area contributed by atoms with E-state index in [1.807, 2.05) is 61.5 Å². The van der Waals surface area contributed by atoms with Gasteiger partial charge in [0, 0.05) is 23.0 Å². The van der Waals surface area contributed by atoms with Gasteiger partial charge in [-0.25, -0.2) is 4.79 Å². The van der Waals surface area contributed by atoms with Gasteiger partial charge in [0.05, 0.1) is 25.4 Å². The quantitative estimate of drug-likeness (QED) is 0.800. The number of hydrogen-bond donors (Lipinski definition) is 0. The molecule has 2 aliphatic heterocycles. The van der Waals surface area contributed by atoms with Crippen molar-refractivity contribution >= 4 is 11.7 Å². The highest BCUT2D eigenvalue weighted by atomic mass is 16.5. The zero-order chi connectivity index (χ0) is 17.2. The summed E-state index contributed by atoms with van der Waals surface area (Å²) < 4.78 is 17.3. The normalized spacial score (nSPS) is 21.5. The molecule has 0 saturated heterocycles. The van der Waals surface area contributed by atoms with E-state index in [1.54, 1.807) is 0 Å². The lowest BCUT2D eigenvalue weighted by molar-refractivity contribution is -0.139. The average molecular weight is 336 g/mol. The Hall–Kier alpha value is -2.75. The second-order valence-electron chi connectivity index (χ2n) is 6.23. The first-order chi connectivity index (χ1) is 12.3. The van der Waals surface area contributed by atoms with Crippen molar-refractivity contribution in [1.82, 2.24) is 0 Å². The molecule has 4 rings (SSSR count). The number of hydrogen-bond acceptors (Lipinski definition) is 4. The summed E-state index contributed by atoms with van der Waals surface area (Å²) in [5, 5.41) is 0. The molecule has 25 heavy (non-hydrogen) atoms. The average Bonchev–Trinajstić information content (AvgIpc) is 2.67. The fourth-order valence-corrected chi connectivity index (χ4v) is 3.62. The maximum absolute atomic E-state index is 12.8. The Morgan fingerprint density at radius 1 is 1.04 bits per heavy atom. The smallest absolute Gasteiger partial charge is 0.338 e. The van der Waals surface area contributed by atoms with Crippen LogP contribution in [0.3, 0.4) is 0 Å². The van der Waals surface area contributed by atoms with E-state index in [-0.39, 0.29) is 17.8 Å². The molecule has 2 heterocycles. The number of para-hydroxylation sites is 1. The molecule has 2 aliphatic rings. The third-order valence-corrected chi connectivity index (χ3v) is 4.71. The molecule has 0 radical (unpaired) electrons. The van der Waals surface area contributed by atoms with Gasteiger partial charge in [-0.3, -0.25) is 0 Å². The number of rotatable bonds is 3. The zero-order valence-corrected chi connectivity index (χ0v) is 14.1. The molecular weight excluding hydrogens is 316 g/mol. The van der Waals surface area contributed by atoms with Crippen molar-refractivity contribution in [2.45, 2.75) is 12.8 Å². The van der Waals surface area contributed by atoms with E-state index < -0.39 is 0 Å². The van der Waals surface area contributed by atoms with Crippen LogP contribution in [-0.2, 0) is 14.3 Å². The van der Waals surface area contributed by atoms with E-state index in [0.717, 1.165) is 16.9 Å². The van der Waals surface area contributed by atoms with Gasteiger partial charge >= 0.3 is 5.97 Å². The highest BCUT2D eigenvalue weighted by Crippen LogP contribution is 2.47. The lowest BCUT2D eigenvalue weighted by atomic mass is 9.76. The van der Waals surface area contributed by atoms with E-state index in [9.17, 15) is 4.79 Å². The standard InChI is InChI=1S/C21H20O4/c1-2-23-21(22)19-18-15(12-24-17-11-7-6-10-16(17)18)13-25-20(19)14-8-4-3-5-9-14/h3-11,15,18H,2,12-13H2,1H3/t15-,18-/m0/s1. The molecule has 0 aromatic heterocycles. The van der Waals surface area contributed by atoms with Crippen molar-refractivity contribution in [2.24, 2.45) is 5.92 Å². The van der Waals surface area contributed by atoms with E-state index in [0.29, 0.717) is 31.2 Å². The summed E-state index contributed by atoms with van der Waals surface area (Å²) in [7, 11) is 0. The molecule has 0 bridgehead atoms. The van der Waals surface area contributed by atoms with Gasteiger partial charge in [-0.1, -0.05) is 48.5 Å². The SMILES string of the molecule is CCOC(=O)C1=C(c2ccccc2)OC[C@@H]2COc3ccccc3[C@@H]12. The molecule has 0 unspecified atom stereocenters. The lowest BCUT2D eigenvalue weighted by Crippen LogP contribution is -2.36. The molecule has 0 N–H and O–H groups in total. The van der Waals surface area contributed by atoms with E-state index in [2.05, 4.69) is 0 Å². The molecule has 2 aromatic carbocycles. The summed E-state index contributed by atoms with van der Waals surface area (Å²) in [6.45, 7) is 3.21. The summed E-state index contributed by atoms with van der Waals surface area (Å²) >= 11 is 0. The van der Waals surface area contributed by atoms with Gasteiger partial charge in [0.2, 0.25) is 0 Å². The molecule has 4 nitrogen and oxygen atoms in total. The number of esters is 1. The van der Waals surface area contributed by atoms with Crippen molar-refractivity contribution in [2.75, 3.05) is 19.8 Å². The van der Waals surface area contributed by atoms with Crippen molar-refractivity contribution < 1.29 is 19.0 Å². The second kappa shape index (κ2) is 6.63. The molecule has 128 valence electrons. The first kappa shape index (κ1) is 15.8. The molecule has 0 saturated carbocycles. The number of ether oxygens (including phenoxy) is 3. The lowest BCUT2D eigenvalue weighted by Gasteiger charge is -2.38. The number of fused-ring (bicyclic) bond motifs is 3. The Morgan fingerprint density at radius 2 is 1.76 bits per heavy atom. The maximum atomic E-state index is 12.8. The van der Waals surface area contributed by atoms with Crippen LogP contribution in [-0.4, -0.2) is 25.8 Å². The van der Waals surface area contributed by atoms with Gasteiger partial charge in [0.25, 0.3) is 0 Å². The Morgan fingerprint density at radius 3 is 2.56 bits per heavy atom. The number of carbonyl (C=O) groups is 1. The van der Waals surface area contributed by atoms with Gasteiger partial charge < -0.3 is 14.2 Å². The summed E-state index contributed by atoms with van der Waals surface area (Å²) in [5.41, 5.74) is 2.52. The summed E-state index contributed by atoms with van der Waals surface area (Å²) in [4.78, 5) is 12.8. The van der Waals surface area contributed by atoms with Gasteiger partial charge in [-0.05, 0) is 13.0 Å². The van der Waals surface area contributed by atoms with E-state index >= 15 is 0 Å². The van der Waals surface area contributed by atoms with Crippen LogP contribution in [0, 0.1) is 5.92 Å². The summed E-state index contributed by atoms with van der Waals surface area (Å²) in [6.07, 6.45) is 0. The van der Waals surface area contributed by atoms with Crippen LogP contribution in [0.4, 0.5) is 0 Å². The summed E-state index contributed by atoms with van der Waals surface area (Å²) in [5.74, 6) is 1.17. The third-order valence-electron chi connectivity index (χ3n) is 4.71. The van der Waals surface area contributed by atoms with Gasteiger partial charge in [0.15, 0.2) is 0 Å². The van der Waals surface area contributed by atoms with Crippen molar-refractivity contribution in [3.8, 4) is 5.75 Å². The highest BCUT2D eigenvalue weighted by molar-refractivity contribution is 5.98. The predicted molar refractivity (Wildman–Crippen MR) is 94.1 cm³/mol. The predicted octanol–water partition coefficient (Wildman–Crippen LogP) is 3.78. The van der Waals surface area contributed by atoms with E-state index in [1.165, 1.54) is 0 Å². The molecule has 0 aliphatic carbocycles. The first-order valence-corrected chi connectivity index (χ1v) is 8.60. The molecular formula is C21H20O4. The van der Waals surface area contributed by atoms with Gasteiger partial charge in [-0.2, -0.15) is 0 Å². The molecule has 2 atom stereocenters. The van der Waals surface area contributed by atoms with Gasteiger partial charge in [-0.15, -0.1) is 0 Å². The van der Waals surface area contributed by atoms with Crippen LogP contribution in [0.15, 0.2) is 60.2 Å². The topological polar surface area (TPSA) is 44.8 Å². The first-order valence-electron chi connectivity index (χ1n) is 8.60. The molecule has 4 heteroatoms. The van der Waals surface area contributed by atoms with Crippen LogP contribution in [0.1, 0.15) is 24.0 Å². The second-order valence-corrected chi connectivity index (χ2v) is 6.23. The fraction of sp³-hybridized carbons (Fsp3) is 0.286.